The van der Waals surface area contributed by atoms with Gasteiger partial charge in [0.25, 0.3) is 8.24 Å². The van der Waals surface area contributed by atoms with Crippen LogP contribution in [0.2, 0.25) is 0 Å². The highest BCUT2D eigenvalue weighted by molar-refractivity contribution is 7.14. The van der Waals surface area contributed by atoms with Crippen LogP contribution in [-0.2, 0) is 0 Å². The van der Waals surface area contributed by atoms with E-state index >= 15 is 0 Å². The summed E-state index contributed by atoms with van der Waals surface area (Å²) in [5.74, 6) is 1.03. The molecule has 0 fully saturated rings. The molecular weight excluding hydrogens is 352 g/mol. The number of nitrogens with zero attached hydrogens (tertiary/aromatic N) is 2. The molecule has 0 aliphatic heterocycles. The van der Waals surface area contributed by atoms with Crippen molar-refractivity contribution < 1.29 is 0 Å². The molecule has 3 aromatic carbocycles. The van der Waals surface area contributed by atoms with Crippen LogP contribution in [0, 0.1) is 0 Å². The van der Waals surface area contributed by atoms with Crippen LogP contribution in [0.4, 0.5) is 5.82 Å². The van der Waals surface area contributed by atoms with Gasteiger partial charge in [0.15, 0.2) is 0 Å². The van der Waals surface area contributed by atoms with Crippen LogP contribution in [0.1, 0.15) is 0 Å². The summed E-state index contributed by atoms with van der Waals surface area (Å²) in [6.45, 7) is 0. The Balaban J connectivity index is 2.07. The van der Waals surface area contributed by atoms with Gasteiger partial charge in [-0.1, -0.05) is 91.0 Å². The Kier molecular flexibility index (Phi) is 4.69. The minimum absolute atomic E-state index is 1.03. The highest BCUT2D eigenvalue weighted by Crippen LogP contribution is 2.20. The molecule has 2 nitrogen and oxygen atoms in total. The van der Waals surface area contributed by atoms with Gasteiger partial charge in [0, 0.05) is 12.4 Å². The first-order chi connectivity index (χ1) is 12.8. The lowest BCUT2D eigenvalue weighted by atomic mass is 10.3. The number of hydrogen-bond acceptors (Lipinski definition) is 3. The Morgan fingerprint density at radius 3 is 1.46 bits per heavy atom. The third-order valence-corrected chi connectivity index (χ3v) is 10.2. The van der Waals surface area contributed by atoms with Crippen LogP contribution in [0.5, 0.6) is 0 Å². The third-order valence-electron chi connectivity index (χ3n) is 4.84. The molecule has 4 aromatic rings. The molecule has 4 heteroatoms. The minimum Gasteiger partial charge on any atom is -0.373 e. The molecule has 4 rings (SSSR count). The zero-order chi connectivity index (χ0) is 17.8. The van der Waals surface area contributed by atoms with Crippen LogP contribution in [-0.4, -0.2) is 20.3 Å². The lowest BCUT2D eigenvalue weighted by Crippen LogP contribution is -2.76. The van der Waals surface area contributed by atoms with Gasteiger partial charge >= 0.3 is 0 Å². The summed E-state index contributed by atoms with van der Waals surface area (Å²) in [5, 5.41) is 6.20. The quantitative estimate of drug-likeness (QED) is 0.395. The van der Waals surface area contributed by atoms with Crippen LogP contribution >= 0.6 is 11.3 Å². The molecule has 0 amide bonds. The second-order valence-electron chi connectivity index (χ2n) is 6.21. The van der Waals surface area contributed by atoms with E-state index in [0.717, 1.165) is 5.82 Å². The van der Waals surface area contributed by atoms with Crippen LogP contribution in [0.15, 0.2) is 102 Å². The van der Waals surface area contributed by atoms with Crippen LogP contribution in [0.3, 0.4) is 0 Å². The lowest BCUT2D eigenvalue weighted by Gasteiger charge is -2.41. The highest BCUT2D eigenvalue weighted by Gasteiger charge is 2.44. The number of rotatable bonds is 5. The average molecular weight is 373 g/mol. The SMILES string of the molecule is CN(c1cscn1)[Si](c1ccccc1)(c1ccccc1)c1ccccc1. The van der Waals surface area contributed by atoms with Gasteiger partial charge in [-0.15, -0.1) is 11.3 Å². The Labute approximate surface area is 159 Å². The Morgan fingerprint density at radius 1 is 0.692 bits per heavy atom. The van der Waals surface area contributed by atoms with E-state index in [1.165, 1.54) is 15.6 Å². The molecular formula is C22H20N2SSi. The van der Waals surface area contributed by atoms with Crippen molar-refractivity contribution in [2.75, 3.05) is 11.6 Å². The van der Waals surface area contributed by atoms with E-state index in [2.05, 4.69) is 113 Å². The van der Waals surface area contributed by atoms with Crippen molar-refractivity contribution in [1.82, 2.24) is 4.98 Å². The van der Waals surface area contributed by atoms with Crippen molar-refractivity contribution in [1.29, 1.82) is 0 Å². The van der Waals surface area contributed by atoms with E-state index in [-0.39, 0.29) is 0 Å². The van der Waals surface area contributed by atoms with Crippen molar-refractivity contribution >= 4 is 41.0 Å². The molecule has 128 valence electrons. The molecule has 0 spiro atoms. The normalized spacial score (nSPS) is 11.3. The predicted octanol–water partition coefficient (Wildman–Crippen LogP) is 3.25. The summed E-state index contributed by atoms with van der Waals surface area (Å²) >= 11 is 1.64. The molecule has 0 aliphatic rings. The fourth-order valence-corrected chi connectivity index (χ4v) is 8.98. The molecule has 26 heavy (non-hydrogen) atoms. The maximum Gasteiger partial charge on any atom is 0.254 e. The Bertz CT molecular complexity index is 845. The largest absolute Gasteiger partial charge is 0.373 e. The molecule has 0 N–H and O–H groups in total. The molecule has 0 unspecified atom stereocenters. The topological polar surface area (TPSA) is 16.1 Å². The molecule has 0 saturated heterocycles. The lowest BCUT2D eigenvalue weighted by molar-refractivity contribution is 1.21. The first-order valence-corrected chi connectivity index (χ1v) is 11.5. The fourth-order valence-electron chi connectivity index (χ4n) is 3.66. The summed E-state index contributed by atoms with van der Waals surface area (Å²) in [6, 6.07) is 32.6. The highest BCUT2D eigenvalue weighted by atomic mass is 32.1. The van der Waals surface area contributed by atoms with Crippen molar-refractivity contribution in [2.24, 2.45) is 0 Å². The molecule has 0 atom stereocenters. The second kappa shape index (κ2) is 7.28. The second-order valence-corrected chi connectivity index (χ2v) is 10.8. The van der Waals surface area contributed by atoms with Gasteiger partial charge in [-0.3, -0.25) is 0 Å². The van der Waals surface area contributed by atoms with E-state index in [4.69, 9.17) is 0 Å². The van der Waals surface area contributed by atoms with Crippen molar-refractivity contribution in [3.05, 3.63) is 102 Å². The standard InChI is InChI=1S/C22H20N2SSi/c1-24(22-17-25-18-23-22)26(19-11-5-2-6-12-19,20-13-7-3-8-14-20)21-15-9-4-10-16-21/h2-18H,1H3. The maximum atomic E-state index is 4.64. The van der Waals surface area contributed by atoms with E-state index < -0.39 is 8.24 Å². The van der Waals surface area contributed by atoms with Crippen LogP contribution in [0.25, 0.3) is 0 Å². The summed E-state index contributed by atoms with van der Waals surface area (Å²) in [5.41, 5.74) is 1.91. The first kappa shape index (κ1) is 16.8. The molecule has 0 aliphatic carbocycles. The zero-order valence-electron chi connectivity index (χ0n) is 14.6. The monoisotopic (exact) mass is 372 g/mol. The number of hydrogen-bond donors (Lipinski definition) is 0. The summed E-state index contributed by atoms with van der Waals surface area (Å²) in [4.78, 5) is 4.64. The first-order valence-electron chi connectivity index (χ1n) is 8.62. The Hall–Kier alpha value is -2.69. The number of anilines is 1. The van der Waals surface area contributed by atoms with E-state index in [9.17, 15) is 0 Å². The Morgan fingerprint density at radius 2 is 1.12 bits per heavy atom. The van der Waals surface area contributed by atoms with Gasteiger partial charge in [0.05, 0.1) is 5.51 Å². The summed E-state index contributed by atoms with van der Waals surface area (Å²) in [7, 11) is -0.266. The summed E-state index contributed by atoms with van der Waals surface area (Å²) in [6.07, 6.45) is 0. The van der Waals surface area contributed by atoms with Crippen molar-refractivity contribution in [3.8, 4) is 0 Å². The molecule has 1 aromatic heterocycles. The molecule has 0 saturated carbocycles. The number of thiazole rings is 1. The van der Waals surface area contributed by atoms with E-state index in [1.54, 1.807) is 11.3 Å². The van der Waals surface area contributed by atoms with E-state index in [0.29, 0.717) is 0 Å². The fraction of sp³-hybridized carbons (Fsp3) is 0.0455. The van der Waals surface area contributed by atoms with Gasteiger partial charge in [0.2, 0.25) is 0 Å². The maximum absolute atomic E-state index is 4.64. The number of benzene rings is 3. The van der Waals surface area contributed by atoms with Crippen molar-refractivity contribution in [3.63, 3.8) is 0 Å². The van der Waals surface area contributed by atoms with Crippen molar-refractivity contribution in [2.45, 2.75) is 0 Å². The minimum atomic E-state index is -2.45. The summed E-state index contributed by atoms with van der Waals surface area (Å²) < 4.78 is 2.42. The number of aromatic nitrogens is 1. The average Bonchev–Trinajstić information content (AvgIpc) is 3.26. The van der Waals surface area contributed by atoms with Gasteiger partial charge in [-0.05, 0) is 15.6 Å². The van der Waals surface area contributed by atoms with Gasteiger partial charge in [0.1, 0.15) is 5.82 Å². The van der Waals surface area contributed by atoms with Gasteiger partial charge in [-0.2, -0.15) is 0 Å². The third kappa shape index (κ3) is 2.77. The molecule has 0 bridgehead atoms. The smallest absolute Gasteiger partial charge is 0.254 e. The van der Waals surface area contributed by atoms with E-state index in [1.807, 2.05) is 5.51 Å². The van der Waals surface area contributed by atoms with Gasteiger partial charge < -0.3 is 4.57 Å². The molecule has 0 radical (unpaired) electrons. The van der Waals surface area contributed by atoms with Crippen LogP contribution < -0.4 is 20.1 Å². The predicted molar refractivity (Wildman–Crippen MR) is 114 cm³/mol. The molecule has 1 heterocycles. The zero-order valence-corrected chi connectivity index (χ0v) is 16.4. The van der Waals surface area contributed by atoms with Gasteiger partial charge in [-0.25, -0.2) is 4.98 Å².